The molecule has 82 valence electrons. The SMILES string of the molecule is CCNC(CC1CCCCO1)C1CC1. The molecular formula is C12H23NO. The molecule has 2 unspecified atom stereocenters. The van der Waals surface area contributed by atoms with Gasteiger partial charge in [-0.15, -0.1) is 0 Å². The summed E-state index contributed by atoms with van der Waals surface area (Å²) in [5, 5.41) is 3.61. The molecule has 0 aromatic heterocycles. The van der Waals surface area contributed by atoms with Gasteiger partial charge in [0, 0.05) is 12.6 Å². The highest BCUT2D eigenvalue weighted by molar-refractivity contribution is 4.88. The first-order chi connectivity index (χ1) is 6.90. The first kappa shape index (κ1) is 10.4. The lowest BCUT2D eigenvalue weighted by Crippen LogP contribution is -2.36. The van der Waals surface area contributed by atoms with Gasteiger partial charge in [-0.3, -0.25) is 0 Å². The van der Waals surface area contributed by atoms with E-state index in [9.17, 15) is 0 Å². The summed E-state index contributed by atoms with van der Waals surface area (Å²) in [6.07, 6.45) is 8.59. The maximum atomic E-state index is 5.79. The molecule has 14 heavy (non-hydrogen) atoms. The Bertz CT molecular complexity index is 162. The van der Waals surface area contributed by atoms with E-state index >= 15 is 0 Å². The Hall–Kier alpha value is -0.0800. The second-order valence-corrected chi connectivity index (χ2v) is 4.73. The lowest BCUT2D eigenvalue weighted by atomic mass is 9.99. The van der Waals surface area contributed by atoms with Crippen molar-refractivity contribution in [3.05, 3.63) is 0 Å². The fourth-order valence-corrected chi connectivity index (χ4v) is 2.48. The van der Waals surface area contributed by atoms with Crippen LogP contribution in [0, 0.1) is 5.92 Å². The standard InChI is InChI=1S/C12H23NO/c1-2-13-12(10-6-7-10)9-11-5-3-4-8-14-11/h10-13H,2-9H2,1H3. The molecule has 1 N–H and O–H groups in total. The van der Waals surface area contributed by atoms with Gasteiger partial charge in [0.1, 0.15) is 0 Å². The molecule has 2 rings (SSSR count). The van der Waals surface area contributed by atoms with Crippen molar-refractivity contribution in [1.29, 1.82) is 0 Å². The fourth-order valence-electron chi connectivity index (χ4n) is 2.48. The van der Waals surface area contributed by atoms with Gasteiger partial charge < -0.3 is 10.1 Å². The molecule has 2 nitrogen and oxygen atoms in total. The van der Waals surface area contributed by atoms with Crippen LogP contribution in [0.2, 0.25) is 0 Å². The van der Waals surface area contributed by atoms with Gasteiger partial charge in [-0.25, -0.2) is 0 Å². The van der Waals surface area contributed by atoms with E-state index in [-0.39, 0.29) is 0 Å². The predicted molar refractivity (Wildman–Crippen MR) is 58.4 cm³/mol. The summed E-state index contributed by atoms with van der Waals surface area (Å²) >= 11 is 0. The molecule has 0 spiro atoms. The smallest absolute Gasteiger partial charge is 0.0590 e. The van der Waals surface area contributed by atoms with E-state index in [1.165, 1.54) is 38.5 Å². The average Bonchev–Trinajstić information content (AvgIpc) is 3.02. The lowest BCUT2D eigenvalue weighted by molar-refractivity contribution is 0.00393. The molecule has 1 saturated heterocycles. The molecule has 1 saturated carbocycles. The van der Waals surface area contributed by atoms with E-state index in [2.05, 4.69) is 12.2 Å². The van der Waals surface area contributed by atoms with Crippen molar-refractivity contribution in [3.63, 3.8) is 0 Å². The third-order valence-corrected chi connectivity index (χ3v) is 3.45. The topological polar surface area (TPSA) is 21.3 Å². The predicted octanol–water partition coefficient (Wildman–Crippen LogP) is 2.33. The second kappa shape index (κ2) is 5.13. The van der Waals surface area contributed by atoms with Gasteiger partial charge in [-0.1, -0.05) is 6.92 Å². The maximum Gasteiger partial charge on any atom is 0.0590 e. The van der Waals surface area contributed by atoms with Crippen molar-refractivity contribution in [2.75, 3.05) is 13.2 Å². The Morgan fingerprint density at radius 3 is 2.71 bits per heavy atom. The van der Waals surface area contributed by atoms with Crippen LogP contribution in [-0.4, -0.2) is 25.3 Å². The van der Waals surface area contributed by atoms with Gasteiger partial charge in [0.15, 0.2) is 0 Å². The summed E-state index contributed by atoms with van der Waals surface area (Å²) in [5.41, 5.74) is 0. The zero-order valence-corrected chi connectivity index (χ0v) is 9.30. The molecular weight excluding hydrogens is 174 g/mol. The Kier molecular flexibility index (Phi) is 3.82. The van der Waals surface area contributed by atoms with Crippen LogP contribution >= 0.6 is 0 Å². The van der Waals surface area contributed by atoms with Gasteiger partial charge in [0.05, 0.1) is 6.10 Å². The van der Waals surface area contributed by atoms with Gasteiger partial charge in [-0.05, 0) is 51.0 Å². The summed E-state index contributed by atoms with van der Waals surface area (Å²) in [6.45, 7) is 4.30. The fraction of sp³-hybridized carbons (Fsp3) is 1.00. The molecule has 0 aromatic rings. The van der Waals surface area contributed by atoms with Crippen LogP contribution in [0.1, 0.15) is 45.4 Å². The van der Waals surface area contributed by atoms with Crippen molar-refractivity contribution in [3.8, 4) is 0 Å². The quantitative estimate of drug-likeness (QED) is 0.730. The number of hydrogen-bond donors (Lipinski definition) is 1. The Labute approximate surface area is 87.4 Å². The Morgan fingerprint density at radius 1 is 1.29 bits per heavy atom. The summed E-state index contributed by atoms with van der Waals surface area (Å²) in [5.74, 6) is 0.959. The zero-order chi connectivity index (χ0) is 9.80. The summed E-state index contributed by atoms with van der Waals surface area (Å²) in [4.78, 5) is 0. The molecule has 0 aromatic carbocycles. The van der Waals surface area contributed by atoms with E-state index in [4.69, 9.17) is 4.74 Å². The molecule has 0 amide bonds. The Balaban J connectivity index is 1.73. The van der Waals surface area contributed by atoms with Crippen LogP contribution in [0.5, 0.6) is 0 Å². The van der Waals surface area contributed by atoms with Crippen LogP contribution in [0.25, 0.3) is 0 Å². The van der Waals surface area contributed by atoms with Crippen molar-refractivity contribution >= 4 is 0 Å². The minimum absolute atomic E-state index is 0.549. The second-order valence-electron chi connectivity index (χ2n) is 4.73. The minimum Gasteiger partial charge on any atom is -0.378 e. The highest BCUT2D eigenvalue weighted by atomic mass is 16.5. The third kappa shape index (κ3) is 2.96. The summed E-state index contributed by atoms with van der Waals surface area (Å²) < 4.78 is 5.79. The van der Waals surface area contributed by atoms with Gasteiger partial charge in [0.2, 0.25) is 0 Å². The van der Waals surface area contributed by atoms with Crippen LogP contribution < -0.4 is 5.32 Å². The molecule has 0 bridgehead atoms. The summed E-state index contributed by atoms with van der Waals surface area (Å²) in [6, 6.07) is 0.739. The van der Waals surface area contributed by atoms with Gasteiger partial charge in [0.25, 0.3) is 0 Å². The van der Waals surface area contributed by atoms with Crippen molar-refractivity contribution in [2.24, 2.45) is 5.92 Å². The van der Waals surface area contributed by atoms with Gasteiger partial charge >= 0.3 is 0 Å². The number of rotatable bonds is 5. The zero-order valence-electron chi connectivity index (χ0n) is 9.30. The van der Waals surface area contributed by atoms with Crippen LogP contribution in [-0.2, 0) is 4.74 Å². The van der Waals surface area contributed by atoms with Gasteiger partial charge in [-0.2, -0.15) is 0 Å². The molecule has 2 fully saturated rings. The Morgan fingerprint density at radius 2 is 2.14 bits per heavy atom. The molecule has 2 aliphatic rings. The number of nitrogens with one attached hydrogen (secondary N) is 1. The highest BCUT2D eigenvalue weighted by Gasteiger charge is 2.32. The number of ether oxygens (including phenoxy) is 1. The summed E-state index contributed by atoms with van der Waals surface area (Å²) in [7, 11) is 0. The van der Waals surface area contributed by atoms with E-state index in [0.717, 1.165) is 25.1 Å². The molecule has 2 atom stereocenters. The minimum atomic E-state index is 0.549. The monoisotopic (exact) mass is 197 g/mol. The van der Waals surface area contributed by atoms with Crippen molar-refractivity contribution < 1.29 is 4.74 Å². The largest absolute Gasteiger partial charge is 0.378 e. The van der Waals surface area contributed by atoms with E-state index in [1.807, 2.05) is 0 Å². The van der Waals surface area contributed by atoms with E-state index < -0.39 is 0 Å². The molecule has 1 aliphatic carbocycles. The molecule has 2 heteroatoms. The molecule has 1 heterocycles. The number of hydrogen-bond acceptors (Lipinski definition) is 2. The maximum absolute atomic E-state index is 5.79. The van der Waals surface area contributed by atoms with E-state index in [1.54, 1.807) is 0 Å². The van der Waals surface area contributed by atoms with Crippen LogP contribution in [0.15, 0.2) is 0 Å². The molecule has 1 aliphatic heterocycles. The first-order valence-electron chi connectivity index (χ1n) is 6.25. The third-order valence-electron chi connectivity index (χ3n) is 3.45. The highest BCUT2D eigenvalue weighted by Crippen LogP contribution is 2.35. The lowest BCUT2D eigenvalue weighted by Gasteiger charge is -2.27. The van der Waals surface area contributed by atoms with Crippen molar-refractivity contribution in [1.82, 2.24) is 5.32 Å². The van der Waals surface area contributed by atoms with Crippen LogP contribution in [0.4, 0.5) is 0 Å². The molecule has 0 radical (unpaired) electrons. The first-order valence-corrected chi connectivity index (χ1v) is 6.25. The van der Waals surface area contributed by atoms with E-state index in [0.29, 0.717) is 6.10 Å². The van der Waals surface area contributed by atoms with Crippen molar-refractivity contribution in [2.45, 2.75) is 57.6 Å². The normalized spacial score (nSPS) is 30.2. The average molecular weight is 197 g/mol. The van der Waals surface area contributed by atoms with Crippen LogP contribution in [0.3, 0.4) is 0 Å².